The number of thiazole rings is 1. The summed E-state index contributed by atoms with van der Waals surface area (Å²) < 4.78 is 39.8. The number of nitrogens with one attached hydrogen (secondary N) is 2. The normalized spacial score (nSPS) is 11.7. The van der Waals surface area contributed by atoms with Crippen molar-refractivity contribution in [3.8, 4) is 0 Å². The van der Waals surface area contributed by atoms with Gasteiger partial charge in [0.25, 0.3) is 5.91 Å². The Balaban J connectivity index is 2.23. The highest BCUT2D eigenvalue weighted by Gasteiger charge is 2.34. The van der Waals surface area contributed by atoms with Gasteiger partial charge >= 0.3 is 6.18 Å². The van der Waals surface area contributed by atoms with Crippen LogP contribution in [0.3, 0.4) is 0 Å². The number of benzene rings is 1. The van der Waals surface area contributed by atoms with E-state index in [9.17, 15) is 22.8 Å². The van der Waals surface area contributed by atoms with Crippen LogP contribution in [0.15, 0.2) is 34.6 Å². The van der Waals surface area contributed by atoms with E-state index in [-0.39, 0.29) is 27.9 Å². The van der Waals surface area contributed by atoms with Crippen LogP contribution in [0, 0.1) is 0 Å². The molecule has 0 radical (unpaired) electrons. The fourth-order valence-corrected chi connectivity index (χ4v) is 3.56. The van der Waals surface area contributed by atoms with E-state index in [0.29, 0.717) is 5.13 Å². The first-order valence-corrected chi connectivity index (χ1v) is 9.55. The van der Waals surface area contributed by atoms with Crippen LogP contribution in [-0.4, -0.2) is 22.1 Å². The molecule has 0 saturated carbocycles. The van der Waals surface area contributed by atoms with Crippen LogP contribution < -0.4 is 10.7 Å². The number of amides is 1. The summed E-state index contributed by atoms with van der Waals surface area (Å²) in [6, 6.07) is 3.32. The fourth-order valence-electron chi connectivity index (χ4n) is 2.54. The van der Waals surface area contributed by atoms with E-state index in [1.165, 1.54) is 35.4 Å². The second-order valence-corrected chi connectivity index (χ2v) is 7.02. The number of fused-ring (bicyclic) bond motifs is 1. The topological polar surface area (TPSA) is 74.8 Å². The molecule has 0 aliphatic heterocycles. The lowest BCUT2D eigenvalue weighted by Gasteiger charge is -2.14. The van der Waals surface area contributed by atoms with Gasteiger partial charge < -0.3 is 4.98 Å². The number of aromatic nitrogens is 2. The van der Waals surface area contributed by atoms with E-state index in [0.717, 1.165) is 12.1 Å². The summed E-state index contributed by atoms with van der Waals surface area (Å²) in [7, 11) is 0. The number of para-hydroxylation sites is 1. The van der Waals surface area contributed by atoms with Gasteiger partial charge in [-0.1, -0.05) is 6.07 Å². The van der Waals surface area contributed by atoms with Gasteiger partial charge in [0.2, 0.25) is 5.43 Å². The van der Waals surface area contributed by atoms with Crippen molar-refractivity contribution in [3.63, 3.8) is 0 Å². The van der Waals surface area contributed by atoms with Crippen LogP contribution in [0.1, 0.15) is 21.6 Å². The van der Waals surface area contributed by atoms with Gasteiger partial charge in [-0.3, -0.25) is 14.9 Å². The van der Waals surface area contributed by atoms with Gasteiger partial charge in [0.05, 0.1) is 11.1 Å². The van der Waals surface area contributed by atoms with Crippen molar-refractivity contribution in [1.29, 1.82) is 0 Å². The Morgan fingerprint density at radius 1 is 1.38 bits per heavy atom. The fraction of sp³-hybridized carbons (Fsp3) is 0.188. The predicted octanol–water partition coefficient (Wildman–Crippen LogP) is 4.12. The van der Waals surface area contributed by atoms with Crippen molar-refractivity contribution >= 4 is 45.0 Å². The molecule has 1 amide bonds. The molecule has 0 unspecified atom stereocenters. The first-order chi connectivity index (χ1) is 12.3. The summed E-state index contributed by atoms with van der Waals surface area (Å²) >= 11 is 2.45. The number of halogens is 3. The van der Waals surface area contributed by atoms with E-state index in [2.05, 4.69) is 15.3 Å². The molecule has 10 heteroatoms. The number of hydrogen-bond donors (Lipinski definition) is 2. The van der Waals surface area contributed by atoms with Crippen molar-refractivity contribution in [3.05, 3.63) is 56.8 Å². The quantitative estimate of drug-likeness (QED) is 0.692. The molecule has 0 atom stereocenters. The number of carbonyl (C=O) groups is 1. The molecule has 0 fully saturated rings. The lowest BCUT2D eigenvalue weighted by molar-refractivity contribution is -0.136. The summed E-state index contributed by atoms with van der Waals surface area (Å²) in [5.74, 6) is -0.526. The summed E-state index contributed by atoms with van der Waals surface area (Å²) in [6.07, 6.45) is -1.41. The molecule has 3 rings (SSSR count). The smallest absolute Gasteiger partial charge is 0.356 e. The maximum absolute atomic E-state index is 13.3. The number of pyridine rings is 1. The second-order valence-electron chi connectivity index (χ2n) is 5.26. The number of H-pyrrole nitrogens is 1. The minimum atomic E-state index is -4.62. The van der Waals surface area contributed by atoms with Gasteiger partial charge in [-0.25, -0.2) is 4.98 Å². The van der Waals surface area contributed by atoms with Gasteiger partial charge in [0.1, 0.15) is 5.56 Å². The summed E-state index contributed by atoms with van der Waals surface area (Å²) in [6.45, 7) is 0. The molecule has 136 valence electrons. The maximum atomic E-state index is 13.3. The third-order valence-corrected chi connectivity index (χ3v) is 4.85. The first kappa shape index (κ1) is 18.5. The molecule has 2 heterocycles. The minimum absolute atomic E-state index is 0.140. The van der Waals surface area contributed by atoms with Crippen molar-refractivity contribution in [2.45, 2.75) is 11.9 Å². The predicted molar refractivity (Wildman–Crippen MR) is 96.9 cm³/mol. The van der Waals surface area contributed by atoms with E-state index in [1.807, 2.05) is 0 Å². The summed E-state index contributed by atoms with van der Waals surface area (Å²) in [5, 5.41) is 4.27. The zero-order valence-electron chi connectivity index (χ0n) is 13.3. The van der Waals surface area contributed by atoms with Gasteiger partial charge in [0, 0.05) is 28.4 Å². The lowest BCUT2D eigenvalue weighted by atomic mass is 10.0. The molecule has 3 aromatic rings. The molecular weight excluding hydrogens is 387 g/mol. The number of aromatic amines is 1. The summed E-state index contributed by atoms with van der Waals surface area (Å²) in [4.78, 5) is 31.9. The van der Waals surface area contributed by atoms with Crippen molar-refractivity contribution < 1.29 is 18.0 Å². The molecule has 2 aromatic heterocycles. The Morgan fingerprint density at radius 2 is 2.15 bits per heavy atom. The SMILES string of the molecule is CSCc1[nH]c2c(C(F)(F)F)cccc2c(=O)c1C(=O)Nc1nccs1. The number of hydrogen-bond acceptors (Lipinski definition) is 5. The zero-order valence-corrected chi connectivity index (χ0v) is 14.9. The van der Waals surface area contributed by atoms with Crippen molar-refractivity contribution in [2.75, 3.05) is 11.6 Å². The minimum Gasteiger partial charge on any atom is -0.356 e. The number of rotatable bonds is 4. The average molecular weight is 399 g/mol. The third kappa shape index (κ3) is 3.47. The van der Waals surface area contributed by atoms with Crippen molar-refractivity contribution in [2.24, 2.45) is 0 Å². The molecular formula is C16H12F3N3O2S2. The molecule has 26 heavy (non-hydrogen) atoms. The highest BCUT2D eigenvalue weighted by atomic mass is 32.2. The molecule has 0 bridgehead atoms. The highest BCUT2D eigenvalue weighted by molar-refractivity contribution is 7.97. The van der Waals surface area contributed by atoms with E-state index in [1.54, 1.807) is 11.6 Å². The molecule has 0 aliphatic carbocycles. The maximum Gasteiger partial charge on any atom is 0.418 e. The van der Waals surface area contributed by atoms with Crippen molar-refractivity contribution in [1.82, 2.24) is 9.97 Å². The molecule has 5 nitrogen and oxygen atoms in total. The monoisotopic (exact) mass is 399 g/mol. The van der Waals surface area contributed by atoms with Gasteiger partial charge in [-0.05, 0) is 18.4 Å². The molecule has 2 N–H and O–H groups in total. The van der Waals surface area contributed by atoms with E-state index in [4.69, 9.17) is 0 Å². The Hall–Kier alpha value is -2.33. The Labute approximate surface area is 153 Å². The Morgan fingerprint density at radius 3 is 2.77 bits per heavy atom. The highest BCUT2D eigenvalue weighted by Crippen LogP contribution is 2.33. The standard InChI is InChI=1S/C16H12F3N3O2S2/c1-25-7-10-11(14(24)22-15-20-5-6-26-15)13(23)8-3-2-4-9(12(8)21-10)16(17,18)19/h2-6H,7H2,1H3,(H,21,23)(H,20,22,24). The number of thioether (sulfide) groups is 1. The third-order valence-electron chi connectivity index (χ3n) is 3.59. The number of alkyl halides is 3. The average Bonchev–Trinajstić information content (AvgIpc) is 3.06. The number of nitrogens with zero attached hydrogens (tertiary/aromatic N) is 1. The van der Waals surface area contributed by atoms with Gasteiger partial charge in [0.15, 0.2) is 5.13 Å². The van der Waals surface area contributed by atoms with Crippen LogP contribution in [0.2, 0.25) is 0 Å². The Bertz CT molecular complexity index is 1010. The number of anilines is 1. The van der Waals surface area contributed by atoms with E-state index < -0.39 is 23.1 Å². The molecule has 0 spiro atoms. The first-order valence-electron chi connectivity index (χ1n) is 7.27. The van der Waals surface area contributed by atoms with Crippen LogP contribution in [-0.2, 0) is 11.9 Å². The lowest BCUT2D eigenvalue weighted by Crippen LogP contribution is -2.25. The summed E-state index contributed by atoms with van der Waals surface area (Å²) in [5.41, 5.74) is -2.08. The van der Waals surface area contributed by atoms with Gasteiger partial charge in [-0.2, -0.15) is 24.9 Å². The zero-order chi connectivity index (χ0) is 18.9. The van der Waals surface area contributed by atoms with Crippen LogP contribution in [0.4, 0.5) is 18.3 Å². The molecule has 0 saturated heterocycles. The van der Waals surface area contributed by atoms with Gasteiger partial charge in [-0.15, -0.1) is 11.3 Å². The second kappa shape index (κ2) is 7.12. The van der Waals surface area contributed by atoms with Crippen LogP contribution in [0.5, 0.6) is 0 Å². The largest absolute Gasteiger partial charge is 0.418 e. The van der Waals surface area contributed by atoms with Crippen LogP contribution >= 0.6 is 23.1 Å². The van der Waals surface area contributed by atoms with E-state index >= 15 is 0 Å². The molecule has 0 aliphatic rings. The Kier molecular flexibility index (Phi) is 5.05. The number of carbonyl (C=O) groups excluding carboxylic acids is 1. The van der Waals surface area contributed by atoms with Crippen LogP contribution in [0.25, 0.3) is 10.9 Å². The molecule has 1 aromatic carbocycles.